The molecule has 0 radical (unpaired) electrons. The quantitative estimate of drug-likeness (QED) is 0.592. The molecule has 3 rings (SSSR count). The van der Waals surface area contributed by atoms with E-state index in [0.717, 1.165) is 19.1 Å². The van der Waals surface area contributed by atoms with Crippen molar-refractivity contribution in [3.8, 4) is 0 Å². The number of amidine groups is 1. The van der Waals surface area contributed by atoms with Crippen molar-refractivity contribution in [2.24, 2.45) is 10.7 Å². The Morgan fingerprint density at radius 2 is 1.93 bits per heavy atom. The summed E-state index contributed by atoms with van der Waals surface area (Å²) < 4.78 is 85.5. The van der Waals surface area contributed by atoms with Crippen molar-refractivity contribution in [2.75, 3.05) is 6.61 Å². The van der Waals surface area contributed by atoms with Gasteiger partial charge in [-0.25, -0.2) is 19.4 Å². The lowest BCUT2D eigenvalue weighted by Crippen LogP contribution is -2.51. The number of hydrogen-bond acceptors (Lipinski definition) is 6. The molecule has 0 saturated carbocycles. The van der Waals surface area contributed by atoms with E-state index in [4.69, 9.17) is 5.73 Å². The summed E-state index contributed by atoms with van der Waals surface area (Å²) in [6, 6.07) is 2.56. The van der Waals surface area contributed by atoms with Crippen LogP contribution in [0.1, 0.15) is 34.2 Å². The van der Waals surface area contributed by atoms with Crippen LogP contribution in [-0.4, -0.2) is 34.3 Å². The summed E-state index contributed by atoms with van der Waals surface area (Å²) in [6.07, 6.45) is -4.09. The summed E-state index contributed by atoms with van der Waals surface area (Å²) in [7, 11) is 0. The molecular weight excluding hydrogens is 418 g/mol. The third kappa shape index (κ3) is 3.94. The van der Waals surface area contributed by atoms with Gasteiger partial charge in [0.2, 0.25) is 0 Å². The first kappa shape index (κ1) is 21.5. The summed E-state index contributed by atoms with van der Waals surface area (Å²) >= 11 is 0. The van der Waals surface area contributed by atoms with Crippen molar-refractivity contribution in [3.63, 3.8) is 0 Å². The van der Waals surface area contributed by atoms with E-state index in [-0.39, 0.29) is 11.3 Å². The van der Waals surface area contributed by atoms with Crippen molar-refractivity contribution >= 4 is 11.8 Å². The molecule has 0 spiro atoms. The van der Waals surface area contributed by atoms with Gasteiger partial charge in [-0.2, -0.15) is 22.0 Å². The zero-order chi connectivity index (χ0) is 22.3. The molecule has 2 heterocycles. The third-order valence-electron chi connectivity index (χ3n) is 4.60. The maximum atomic E-state index is 14.5. The molecule has 2 N–H and O–H groups in total. The van der Waals surface area contributed by atoms with E-state index >= 15 is 0 Å². The largest absolute Gasteiger partial charge is 0.459 e. The predicted octanol–water partition coefficient (Wildman–Crippen LogP) is 3.26. The topological polar surface area (TPSA) is 90.5 Å². The van der Waals surface area contributed by atoms with Crippen LogP contribution in [0.3, 0.4) is 0 Å². The fourth-order valence-electron chi connectivity index (χ4n) is 2.85. The first-order chi connectivity index (χ1) is 13.8. The number of hydrogen-bond donors (Lipinski definition) is 1. The van der Waals surface area contributed by atoms with Gasteiger partial charge in [0.25, 0.3) is 6.02 Å². The predicted molar refractivity (Wildman–Crippen MR) is 91.3 cm³/mol. The average Bonchev–Trinajstić information content (AvgIpc) is 2.66. The number of aliphatic imine (C=N–C) groups is 1. The number of benzene rings is 1. The summed E-state index contributed by atoms with van der Waals surface area (Å²) in [5.41, 5.74) is 0.973. The molecule has 0 unspecified atom stereocenters. The smallest absolute Gasteiger partial charge is 0.434 e. The Hall–Kier alpha value is -3.18. The van der Waals surface area contributed by atoms with Gasteiger partial charge in [-0.1, -0.05) is 6.07 Å². The Labute approximate surface area is 165 Å². The first-order valence-corrected chi connectivity index (χ1v) is 8.41. The van der Waals surface area contributed by atoms with E-state index in [1.165, 1.54) is 6.07 Å². The average molecular weight is 432 g/mol. The number of halogens is 6. The molecule has 1 aliphatic rings. The number of Topliss-reactive ketones (excluding diaryl/α,β-unsaturated/α-hetero) is 1. The lowest BCUT2D eigenvalue weighted by Gasteiger charge is -2.37. The van der Waals surface area contributed by atoms with Crippen LogP contribution in [0.4, 0.5) is 26.3 Å². The van der Waals surface area contributed by atoms with E-state index in [0.29, 0.717) is 12.4 Å². The molecule has 1 aliphatic heterocycles. The summed E-state index contributed by atoms with van der Waals surface area (Å²) in [4.78, 5) is 22.5. The number of nitrogens with zero attached hydrogens (tertiary/aromatic N) is 3. The minimum Gasteiger partial charge on any atom is -0.459 e. The van der Waals surface area contributed by atoms with Crippen LogP contribution >= 0.6 is 0 Å². The Balaban J connectivity index is 1.90. The number of nitrogens with two attached hydrogens (primary N) is 1. The lowest BCUT2D eigenvalue weighted by atomic mass is 9.84. The second-order valence-electron chi connectivity index (χ2n) is 6.71. The van der Waals surface area contributed by atoms with Gasteiger partial charge in [0, 0.05) is 12.0 Å². The minimum atomic E-state index is -4.72. The second-order valence-corrected chi connectivity index (χ2v) is 6.71. The number of carbonyl (C=O) groups excluding carboxylic acids is 1. The fraction of sp³-hybridized carbons (Fsp3) is 0.333. The summed E-state index contributed by atoms with van der Waals surface area (Å²) in [6.45, 7) is -0.129. The number of carbonyl (C=O) groups is 1. The Bertz CT molecular complexity index is 1010. The third-order valence-corrected chi connectivity index (χ3v) is 4.60. The molecule has 0 aliphatic carbocycles. The summed E-state index contributed by atoms with van der Waals surface area (Å²) in [5, 5.41) is 0. The number of aromatic nitrogens is 2. The van der Waals surface area contributed by atoms with Crippen molar-refractivity contribution in [2.45, 2.75) is 31.0 Å². The normalized spacial score (nSPS) is 21.0. The Kier molecular flexibility index (Phi) is 5.21. The standard InChI is InChI=1S/C18H14F6N4O2/c1-16(17(20,21)8-30-15(25)28-16)10-4-9(2-3-11(10)19)5-13(29)12-6-27-14(7-26-12)18(22,23)24/h2-4,6-7H,5,8H2,1H3,(H2,25,28)/t16-/m1/s1. The van der Waals surface area contributed by atoms with Gasteiger partial charge in [-0.05, 0) is 24.6 Å². The highest BCUT2D eigenvalue weighted by Gasteiger charge is 2.56. The Morgan fingerprint density at radius 1 is 1.23 bits per heavy atom. The van der Waals surface area contributed by atoms with Gasteiger partial charge < -0.3 is 10.5 Å². The zero-order valence-electron chi connectivity index (χ0n) is 15.3. The van der Waals surface area contributed by atoms with Crippen LogP contribution in [0, 0.1) is 5.82 Å². The molecular formula is C18H14F6N4O2. The van der Waals surface area contributed by atoms with Gasteiger partial charge in [-0.15, -0.1) is 0 Å². The molecule has 0 saturated heterocycles. The zero-order valence-corrected chi connectivity index (χ0v) is 15.3. The second kappa shape index (κ2) is 7.26. The number of rotatable bonds is 4. The van der Waals surface area contributed by atoms with Crippen LogP contribution in [-0.2, 0) is 22.9 Å². The van der Waals surface area contributed by atoms with Crippen molar-refractivity contribution in [1.82, 2.24) is 9.97 Å². The molecule has 1 atom stereocenters. The summed E-state index contributed by atoms with van der Waals surface area (Å²) in [5.74, 6) is -5.33. The van der Waals surface area contributed by atoms with Gasteiger partial charge in [0.15, 0.2) is 23.6 Å². The van der Waals surface area contributed by atoms with Crippen LogP contribution < -0.4 is 5.73 Å². The molecule has 160 valence electrons. The van der Waals surface area contributed by atoms with E-state index in [1.54, 1.807) is 0 Å². The fourth-order valence-corrected chi connectivity index (χ4v) is 2.85. The number of alkyl halides is 5. The number of ether oxygens (including phenoxy) is 1. The molecule has 30 heavy (non-hydrogen) atoms. The van der Waals surface area contributed by atoms with Crippen molar-refractivity contribution in [1.29, 1.82) is 0 Å². The van der Waals surface area contributed by atoms with Gasteiger partial charge >= 0.3 is 12.1 Å². The first-order valence-electron chi connectivity index (χ1n) is 8.41. The number of ketones is 1. The van der Waals surface area contributed by atoms with Gasteiger partial charge in [-0.3, -0.25) is 4.79 Å². The maximum absolute atomic E-state index is 14.5. The Morgan fingerprint density at radius 3 is 2.53 bits per heavy atom. The van der Waals surface area contributed by atoms with Crippen LogP contribution in [0.5, 0.6) is 0 Å². The van der Waals surface area contributed by atoms with Crippen LogP contribution in [0.15, 0.2) is 35.6 Å². The molecule has 6 nitrogen and oxygen atoms in total. The molecule has 0 amide bonds. The molecule has 1 aromatic heterocycles. The molecule has 12 heteroatoms. The van der Waals surface area contributed by atoms with Gasteiger partial charge in [0.1, 0.15) is 11.5 Å². The molecule has 2 aromatic rings. The van der Waals surface area contributed by atoms with Crippen LogP contribution in [0.25, 0.3) is 0 Å². The van der Waals surface area contributed by atoms with Crippen LogP contribution in [0.2, 0.25) is 0 Å². The van der Waals surface area contributed by atoms with Crippen molar-refractivity contribution < 1.29 is 35.9 Å². The SMILES string of the molecule is C[C@]1(c2cc(CC(=O)c3cnc(C(F)(F)F)cn3)ccc2F)N=C(N)OCC1(F)F. The lowest BCUT2D eigenvalue weighted by molar-refractivity contribution is -0.141. The highest BCUT2D eigenvalue weighted by Crippen LogP contribution is 2.44. The van der Waals surface area contributed by atoms with E-state index < -0.39 is 59.5 Å². The molecule has 0 bridgehead atoms. The van der Waals surface area contributed by atoms with Crippen molar-refractivity contribution in [3.05, 3.63) is 58.9 Å². The minimum absolute atomic E-state index is 0.121. The maximum Gasteiger partial charge on any atom is 0.434 e. The van der Waals surface area contributed by atoms with Gasteiger partial charge in [0.05, 0.1) is 12.4 Å². The molecule has 1 aromatic carbocycles. The molecule has 0 fully saturated rings. The van der Waals surface area contributed by atoms with E-state index in [9.17, 15) is 31.1 Å². The van der Waals surface area contributed by atoms with E-state index in [2.05, 4.69) is 19.7 Å². The highest BCUT2D eigenvalue weighted by atomic mass is 19.4. The highest BCUT2D eigenvalue weighted by molar-refractivity contribution is 5.95. The van der Waals surface area contributed by atoms with E-state index in [1.807, 2.05) is 0 Å². The monoisotopic (exact) mass is 432 g/mol.